The molecule has 0 bridgehead atoms. The summed E-state index contributed by atoms with van der Waals surface area (Å²) in [5.74, 6) is 0. The standard InChI is InChI=1S/C18H26N2O/c1-17(2)9-11-18(21,12-10-17)14-20-16(8-13-19)15-6-4-3-5-7-15/h3-7,16,20-21H,8-12,14H2,1-2H3. The Labute approximate surface area is 128 Å². The van der Waals surface area contributed by atoms with Crippen molar-refractivity contribution in [1.82, 2.24) is 5.32 Å². The van der Waals surface area contributed by atoms with E-state index in [0.717, 1.165) is 31.2 Å². The number of aliphatic hydroxyl groups is 1. The minimum atomic E-state index is -0.627. The van der Waals surface area contributed by atoms with Crippen LogP contribution >= 0.6 is 0 Å². The van der Waals surface area contributed by atoms with Gasteiger partial charge < -0.3 is 10.4 Å². The first-order valence-corrected chi connectivity index (χ1v) is 7.82. The molecule has 0 spiro atoms. The van der Waals surface area contributed by atoms with Crippen molar-refractivity contribution in [3.63, 3.8) is 0 Å². The van der Waals surface area contributed by atoms with Crippen LogP contribution in [0.1, 0.15) is 57.6 Å². The molecule has 1 saturated carbocycles. The minimum Gasteiger partial charge on any atom is -0.389 e. The highest BCUT2D eigenvalue weighted by molar-refractivity contribution is 5.20. The van der Waals surface area contributed by atoms with Gasteiger partial charge in [0.15, 0.2) is 0 Å². The van der Waals surface area contributed by atoms with Gasteiger partial charge in [0.25, 0.3) is 0 Å². The summed E-state index contributed by atoms with van der Waals surface area (Å²) in [6.07, 6.45) is 4.20. The second-order valence-electron chi connectivity index (χ2n) is 7.09. The summed E-state index contributed by atoms with van der Waals surface area (Å²) in [6, 6.07) is 12.2. The van der Waals surface area contributed by atoms with E-state index in [1.54, 1.807) is 0 Å². The topological polar surface area (TPSA) is 56.0 Å². The maximum absolute atomic E-state index is 10.7. The van der Waals surface area contributed by atoms with Crippen LogP contribution in [0.3, 0.4) is 0 Å². The molecule has 2 N–H and O–H groups in total. The summed E-state index contributed by atoms with van der Waals surface area (Å²) < 4.78 is 0. The average Bonchev–Trinajstić information content (AvgIpc) is 2.48. The van der Waals surface area contributed by atoms with Gasteiger partial charge in [0.05, 0.1) is 18.1 Å². The smallest absolute Gasteiger partial charge is 0.0772 e. The Morgan fingerprint density at radius 3 is 2.38 bits per heavy atom. The van der Waals surface area contributed by atoms with Crippen LogP contribution < -0.4 is 5.32 Å². The van der Waals surface area contributed by atoms with E-state index in [-0.39, 0.29) is 6.04 Å². The molecule has 1 aromatic carbocycles. The van der Waals surface area contributed by atoms with Crippen molar-refractivity contribution in [3.05, 3.63) is 35.9 Å². The van der Waals surface area contributed by atoms with Crippen LogP contribution in [0.2, 0.25) is 0 Å². The molecule has 1 atom stereocenters. The van der Waals surface area contributed by atoms with Crippen molar-refractivity contribution in [2.45, 2.75) is 57.6 Å². The highest BCUT2D eigenvalue weighted by Gasteiger charge is 2.36. The number of benzene rings is 1. The molecule has 0 aliphatic heterocycles. The number of nitrogens with zero attached hydrogens (tertiary/aromatic N) is 1. The number of hydrogen-bond donors (Lipinski definition) is 2. The predicted octanol–water partition coefficient (Wildman–Crippen LogP) is 3.56. The first-order chi connectivity index (χ1) is 9.94. The van der Waals surface area contributed by atoms with Crippen LogP contribution in [-0.2, 0) is 0 Å². The summed E-state index contributed by atoms with van der Waals surface area (Å²) in [5, 5.41) is 23.1. The molecule has 1 fully saturated rings. The normalized spacial score (nSPS) is 21.4. The monoisotopic (exact) mass is 286 g/mol. The Morgan fingerprint density at radius 1 is 1.19 bits per heavy atom. The molecule has 0 saturated heterocycles. The van der Waals surface area contributed by atoms with Crippen molar-refractivity contribution in [2.24, 2.45) is 5.41 Å². The zero-order valence-corrected chi connectivity index (χ0v) is 13.1. The number of nitriles is 1. The number of nitrogens with one attached hydrogen (secondary N) is 1. The van der Waals surface area contributed by atoms with E-state index in [0.29, 0.717) is 18.4 Å². The van der Waals surface area contributed by atoms with Gasteiger partial charge in [0, 0.05) is 12.6 Å². The van der Waals surface area contributed by atoms with E-state index in [1.165, 1.54) is 0 Å². The van der Waals surface area contributed by atoms with Gasteiger partial charge >= 0.3 is 0 Å². The van der Waals surface area contributed by atoms with Crippen LogP contribution in [0.4, 0.5) is 0 Å². The van der Waals surface area contributed by atoms with Crippen molar-refractivity contribution in [1.29, 1.82) is 5.26 Å². The van der Waals surface area contributed by atoms with Gasteiger partial charge in [-0.05, 0) is 36.7 Å². The fourth-order valence-electron chi connectivity index (χ4n) is 2.97. The molecule has 1 aliphatic carbocycles. The molecular formula is C18H26N2O. The SMILES string of the molecule is CC1(C)CCC(O)(CNC(CC#N)c2ccccc2)CC1. The molecular weight excluding hydrogens is 260 g/mol. The van der Waals surface area contributed by atoms with E-state index in [2.05, 4.69) is 25.2 Å². The van der Waals surface area contributed by atoms with Gasteiger partial charge in [0.1, 0.15) is 0 Å². The molecule has 3 heteroatoms. The Balaban J connectivity index is 1.95. The van der Waals surface area contributed by atoms with E-state index in [4.69, 9.17) is 5.26 Å². The number of rotatable bonds is 5. The number of hydrogen-bond acceptors (Lipinski definition) is 3. The van der Waals surface area contributed by atoms with Crippen LogP contribution in [0.15, 0.2) is 30.3 Å². The van der Waals surface area contributed by atoms with Gasteiger partial charge in [-0.2, -0.15) is 5.26 Å². The van der Waals surface area contributed by atoms with Crippen LogP contribution in [0.25, 0.3) is 0 Å². The van der Waals surface area contributed by atoms with Gasteiger partial charge in [-0.15, -0.1) is 0 Å². The lowest BCUT2D eigenvalue weighted by atomic mass is 9.71. The molecule has 1 aliphatic rings. The lowest BCUT2D eigenvalue weighted by Crippen LogP contribution is -2.45. The molecule has 2 rings (SSSR count). The third kappa shape index (κ3) is 4.56. The lowest BCUT2D eigenvalue weighted by molar-refractivity contribution is -0.0260. The van der Waals surface area contributed by atoms with E-state index >= 15 is 0 Å². The molecule has 114 valence electrons. The van der Waals surface area contributed by atoms with Crippen LogP contribution in [0.5, 0.6) is 0 Å². The minimum absolute atomic E-state index is 0.00448. The second-order valence-corrected chi connectivity index (χ2v) is 7.09. The largest absolute Gasteiger partial charge is 0.389 e. The molecule has 21 heavy (non-hydrogen) atoms. The van der Waals surface area contributed by atoms with Gasteiger partial charge in [-0.1, -0.05) is 44.2 Å². The maximum atomic E-state index is 10.7. The molecule has 3 nitrogen and oxygen atoms in total. The Morgan fingerprint density at radius 2 is 1.81 bits per heavy atom. The van der Waals surface area contributed by atoms with E-state index in [1.807, 2.05) is 30.3 Å². The summed E-state index contributed by atoms with van der Waals surface area (Å²) in [7, 11) is 0. The Bertz CT molecular complexity index is 480. The molecule has 0 radical (unpaired) electrons. The summed E-state index contributed by atoms with van der Waals surface area (Å²) in [6.45, 7) is 5.09. The first-order valence-electron chi connectivity index (χ1n) is 7.82. The zero-order valence-electron chi connectivity index (χ0n) is 13.1. The Kier molecular flexibility index (Phi) is 5.03. The zero-order chi connectivity index (χ0) is 15.3. The summed E-state index contributed by atoms with van der Waals surface area (Å²) in [4.78, 5) is 0. The highest BCUT2D eigenvalue weighted by Crippen LogP contribution is 2.40. The lowest BCUT2D eigenvalue weighted by Gasteiger charge is -2.41. The summed E-state index contributed by atoms with van der Waals surface area (Å²) in [5.41, 5.74) is 0.828. The van der Waals surface area contributed by atoms with Crippen molar-refractivity contribution in [3.8, 4) is 6.07 Å². The maximum Gasteiger partial charge on any atom is 0.0772 e. The second kappa shape index (κ2) is 6.60. The van der Waals surface area contributed by atoms with Gasteiger partial charge in [-0.3, -0.25) is 0 Å². The molecule has 0 heterocycles. The predicted molar refractivity (Wildman–Crippen MR) is 84.6 cm³/mol. The first kappa shape index (κ1) is 16.0. The van der Waals surface area contributed by atoms with Gasteiger partial charge in [0.2, 0.25) is 0 Å². The van der Waals surface area contributed by atoms with Crippen molar-refractivity contribution in [2.75, 3.05) is 6.54 Å². The molecule has 0 amide bonds. The Hall–Kier alpha value is -1.37. The third-order valence-electron chi connectivity index (χ3n) is 4.71. The van der Waals surface area contributed by atoms with E-state index in [9.17, 15) is 5.11 Å². The fraction of sp³-hybridized carbons (Fsp3) is 0.611. The summed E-state index contributed by atoms with van der Waals surface area (Å²) >= 11 is 0. The van der Waals surface area contributed by atoms with Crippen molar-refractivity contribution < 1.29 is 5.11 Å². The third-order valence-corrected chi connectivity index (χ3v) is 4.71. The van der Waals surface area contributed by atoms with Crippen LogP contribution in [0, 0.1) is 16.7 Å². The fourth-order valence-corrected chi connectivity index (χ4v) is 2.97. The molecule has 0 aromatic heterocycles. The highest BCUT2D eigenvalue weighted by atomic mass is 16.3. The molecule has 1 aromatic rings. The van der Waals surface area contributed by atoms with Gasteiger partial charge in [-0.25, -0.2) is 0 Å². The van der Waals surface area contributed by atoms with E-state index < -0.39 is 5.60 Å². The average molecular weight is 286 g/mol. The quantitative estimate of drug-likeness (QED) is 0.870. The molecule has 1 unspecified atom stereocenters. The van der Waals surface area contributed by atoms with Crippen LogP contribution in [-0.4, -0.2) is 17.3 Å². The van der Waals surface area contributed by atoms with Crippen molar-refractivity contribution >= 4 is 0 Å².